The summed E-state index contributed by atoms with van der Waals surface area (Å²) in [5.41, 5.74) is 6.94. The summed E-state index contributed by atoms with van der Waals surface area (Å²) in [5, 5.41) is 0.615. The Balaban J connectivity index is 2.03. The molecule has 21 heavy (non-hydrogen) atoms. The van der Waals surface area contributed by atoms with Crippen LogP contribution in [0, 0.1) is 0 Å². The standard InChI is InChI=1S/C14H19N3O3S/c1-2-3-7-20-8-6-17-21(18,19)14-10-16-13-9-11(15)4-5-12(13)14/h2,4-5,9-10,16-17H,1,3,6-8,15H2. The lowest BCUT2D eigenvalue weighted by atomic mass is 10.2. The van der Waals surface area contributed by atoms with Crippen LogP contribution in [0.3, 0.4) is 0 Å². The van der Waals surface area contributed by atoms with Crippen molar-refractivity contribution in [2.45, 2.75) is 11.3 Å². The Hall–Kier alpha value is -1.83. The Morgan fingerprint density at radius 1 is 1.38 bits per heavy atom. The van der Waals surface area contributed by atoms with Gasteiger partial charge in [-0.2, -0.15) is 0 Å². The number of rotatable bonds is 8. The molecule has 1 aromatic carbocycles. The van der Waals surface area contributed by atoms with Gasteiger partial charge in [0, 0.05) is 29.3 Å². The lowest BCUT2D eigenvalue weighted by Gasteiger charge is -2.06. The van der Waals surface area contributed by atoms with Gasteiger partial charge < -0.3 is 15.5 Å². The minimum Gasteiger partial charge on any atom is -0.399 e. The van der Waals surface area contributed by atoms with Gasteiger partial charge in [-0.25, -0.2) is 13.1 Å². The average Bonchev–Trinajstić information content (AvgIpc) is 2.86. The van der Waals surface area contributed by atoms with Crippen molar-refractivity contribution in [3.05, 3.63) is 37.1 Å². The Morgan fingerprint density at radius 3 is 2.95 bits per heavy atom. The molecule has 0 radical (unpaired) electrons. The summed E-state index contributed by atoms with van der Waals surface area (Å²) in [6.45, 7) is 4.67. The number of hydrogen-bond donors (Lipinski definition) is 3. The molecule has 0 fully saturated rings. The van der Waals surface area contributed by atoms with E-state index in [0.717, 1.165) is 6.42 Å². The Bertz CT molecular complexity index is 722. The maximum Gasteiger partial charge on any atom is 0.242 e. The molecule has 7 heteroatoms. The number of anilines is 1. The molecule has 0 unspecified atom stereocenters. The maximum atomic E-state index is 12.2. The molecule has 4 N–H and O–H groups in total. The quantitative estimate of drug-likeness (QED) is 0.392. The lowest BCUT2D eigenvalue weighted by molar-refractivity contribution is 0.144. The molecule has 2 rings (SSSR count). The maximum absolute atomic E-state index is 12.2. The van der Waals surface area contributed by atoms with Crippen molar-refractivity contribution in [1.29, 1.82) is 0 Å². The van der Waals surface area contributed by atoms with Gasteiger partial charge in [-0.15, -0.1) is 6.58 Å². The van der Waals surface area contributed by atoms with Crippen LogP contribution in [0.25, 0.3) is 10.9 Å². The number of aromatic nitrogens is 1. The minimum absolute atomic E-state index is 0.212. The molecule has 6 nitrogen and oxygen atoms in total. The molecule has 2 aromatic rings. The number of H-pyrrole nitrogens is 1. The van der Waals surface area contributed by atoms with Crippen LogP contribution in [0.4, 0.5) is 5.69 Å². The molecule has 1 aromatic heterocycles. The van der Waals surface area contributed by atoms with E-state index < -0.39 is 10.0 Å². The lowest BCUT2D eigenvalue weighted by Crippen LogP contribution is -2.27. The first-order valence-corrected chi connectivity index (χ1v) is 8.08. The van der Waals surface area contributed by atoms with Crippen molar-refractivity contribution in [3.63, 3.8) is 0 Å². The van der Waals surface area contributed by atoms with Gasteiger partial charge in [0.15, 0.2) is 0 Å². The fourth-order valence-corrected chi connectivity index (χ4v) is 3.12. The molecule has 0 bridgehead atoms. The van der Waals surface area contributed by atoms with Gasteiger partial charge in [0.1, 0.15) is 4.90 Å². The van der Waals surface area contributed by atoms with Gasteiger partial charge in [0.2, 0.25) is 10.0 Å². The van der Waals surface area contributed by atoms with Crippen LogP contribution in [-0.2, 0) is 14.8 Å². The van der Waals surface area contributed by atoms with E-state index in [1.54, 1.807) is 24.3 Å². The molecule has 0 aliphatic heterocycles. The number of sulfonamides is 1. The second-order valence-corrected chi connectivity index (χ2v) is 6.28. The number of aromatic amines is 1. The minimum atomic E-state index is -3.57. The van der Waals surface area contributed by atoms with Crippen molar-refractivity contribution < 1.29 is 13.2 Å². The number of nitrogens with one attached hydrogen (secondary N) is 2. The number of hydrogen-bond acceptors (Lipinski definition) is 4. The van der Waals surface area contributed by atoms with Crippen LogP contribution in [0.2, 0.25) is 0 Å². The van der Waals surface area contributed by atoms with Gasteiger partial charge in [-0.05, 0) is 24.6 Å². The molecule has 0 spiro atoms. The van der Waals surface area contributed by atoms with E-state index in [1.807, 2.05) is 0 Å². The van der Waals surface area contributed by atoms with E-state index in [4.69, 9.17) is 10.5 Å². The zero-order chi connectivity index (χ0) is 15.3. The van der Waals surface area contributed by atoms with Gasteiger partial charge in [0.25, 0.3) is 0 Å². The molecule has 0 amide bonds. The van der Waals surface area contributed by atoms with E-state index in [1.165, 1.54) is 6.20 Å². The monoisotopic (exact) mass is 309 g/mol. The fourth-order valence-electron chi connectivity index (χ4n) is 1.93. The summed E-state index contributed by atoms with van der Waals surface area (Å²) >= 11 is 0. The highest BCUT2D eigenvalue weighted by atomic mass is 32.2. The van der Waals surface area contributed by atoms with Crippen molar-refractivity contribution in [2.24, 2.45) is 0 Å². The molecule has 0 atom stereocenters. The van der Waals surface area contributed by atoms with Crippen molar-refractivity contribution in [1.82, 2.24) is 9.71 Å². The Labute approximate surface area is 124 Å². The normalized spacial score (nSPS) is 11.8. The summed E-state index contributed by atoms with van der Waals surface area (Å²) in [7, 11) is -3.57. The average molecular weight is 309 g/mol. The highest BCUT2D eigenvalue weighted by molar-refractivity contribution is 7.89. The Morgan fingerprint density at radius 2 is 2.19 bits per heavy atom. The predicted molar refractivity (Wildman–Crippen MR) is 83.5 cm³/mol. The first kappa shape index (κ1) is 15.6. The molecule has 0 aliphatic rings. The number of nitrogens with two attached hydrogens (primary N) is 1. The second-order valence-electron chi connectivity index (χ2n) is 4.55. The smallest absolute Gasteiger partial charge is 0.242 e. The number of benzene rings is 1. The van der Waals surface area contributed by atoms with Gasteiger partial charge in [-0.3, -0.25) is 0 Å². The summed E-state index contributed by atoms with van der Waals surface area (Å²) in [6, 6.07) is 5.07. The number of nitrogen functional groups attached to an aromatic ring is 1. The van der Waals surface area contributed by atoms with Crippen LogP contribution < -0.4 is 10.5 Å². The third-order valence-corrected chi connectivity index (χ3v) is 4.46. The summed E-state index contributed by atoms with van der Waals surface area (Å²) in [4.78, 5) is 3.12. The highest BCUT2D eigenvalue weighted by Crippen LogP contribution is 2.24. The van der Waals surface area contributed by atoms with E-state index in [9.17, 15) is 8.42 Å². The zero-order valence-electron chi connectivity index (χ0n) is 11.6. The predicted octanol–water partition coefficient (Wildman–Crippen LogP) is 1.62. The van der Waals surface area contributed by atoms with E-state index in [-0.39, 0.29) is 11.4 Å². The van der Waals surface area contributed by atoms with Crippen molar-refractivity contribution in [2.75, 3.05) is 25.5 Å². The number of fused-ring (bicyclic) bond motifs is 1. The summed E-state index contributed by atoms with van der Waals surface area (Å²) < 4.78 is 32.3. The van der Waals surface area contributed by atoms with Crippen LogP contribution >= 0.6 is 0 Å². The zero-order valence-corrected chi connectivity index (χ0v) is 12.4. The molecule has 0 saturated carbocycles. The molecule has 0 aliphatic carbocycles. The highest BCUT2D eigenvalue weighted by Gasteiger charge is 2.18. The van der Waals surface area contributed by atoms with Gasteiger partial charge >= 0.3 is 0 Å². The number of ether oxygens (including phenoxy) is 1. The van der Waals surface area contributed by atoms with Crippen molar-refractivity contribution in [3.8, 4) is 0 Å². The fraction of sp³-hybridized carbons (Fsp3) is 0.286. The van der Waals surface area contributed by atoms with E-state index in [0.29, 0.717) is 29.8 Å². The van der Waals surface area contributed by atoms with E-state index >= 15 is 0 Å². The van der Waals surface area contributed by atoms with Crippen LogP contribution in [0.15, 0.2) is 41.9 Å². The van der Waals surface area contributed by atoms with Crippen molar-refractivity contribution >= 4 is 26.6 Å². The first-order valence-electron chi connectivity index (χ1n) is 6.59. The van der Waals surface area contributed by atoms with Crippen LogP contribution in [0.1, 0.15) is 6.42 Å². The summed E-state index contributed by atoms with van der Waals surface area (Å²) in [5.74, 6) is 0. The summed E-state index contributed by atoms with van der Waals surface area (Å²) in [6.07, 6.45) is 3.96. The largest absolute Gasteiger partial charge is 0.399 e. The molecule has 1 heterocycles. The SMILES string of the molecule is C=CCCOCCNS(=O)(=O)c1c[nH]c2cc(N)ccc12. The van der Waals surface area contributed by atoms with Crippen LogP contribution in [0.5, 0.6) is 0 Å². The first-order chi connectivity index (χ1) is 10.0. The second kappa shape index (κ2) is 6.75. The van der Waals surface area contributed by atoms with Crippen LogP contribution in [-0.4, -0.2) is 33.2 Å². The third-order valence-electron chi connectivity index (χ3n) is 2.96. The molecule has 114 valence electrons. The molecular formula is C14H19N3O3S. The molecular weight excluding hydrogens is 290 g/mol. The van der Waals surface area contributed by atoms with E-state index in [2.05, 4.69) is 16.3 Å². The third kappa shape index (κ3) is 3.84. The topological polar surface area (TPSA) is 97.2 Å². The molecule has 0 saturated heterocycles. The van der Waals surface area contributed by atoms with Gasteiger partial charge in [0.05, 0.1) is 13.2 Å². The Kier molecular flexibility index (Phi) is 5.00. The van der Waals surface area contributed by atoms with Gasteiger partial charge in [-0.1, -0.05) is 6.08 Å².